The highest BCUT2D eigenvalue weighted by atomic mass is 32.1. The van der Waals surface area contributed by atoms with Crippen LogP contribution in [0.2, 0.25) is 0 Å². The first-order chi connectivity index (χ1) is 10.2. The summed E-state index contributed by atoms with van der Waals surface area (Å²) < 4.78 is 5.54. The van der Waals surface area contributed by atoms with Gasteiger partial charge in [0.05, 0.1) is 23.9 Å². The molecule has 112 valence electrons. The minimum Gasteiger partial charge on any atom is -0.375 e. The van der Waals surface area contributed by atoms with E-state index in [2.05, 4.69) is 10.3 Å². The Hall–Kier alpha value is -1.72. The molecule has 0 bridgehead atoms. The standard InChI is InChI=1S/C16H20N2O2S/c1-3-14-15(21-12(2)18-14)16(19)17-9-10-20-11-13-7-5-4-6-8-13/h4-8H,3,9-11H2,1-2H3,(H,17,19). The Bertz CT molecular complexity index is 581. The SMILES string of the molecule is CCc1nc(C)sc1C(=O)NCCOCc1ccccc1. The van der Waals surface area contributed by atoms with E-state index in [0.29, 0.717) is 19.8 Å². The van der Waals surface area contributed by atoms with Crippen LogP contribution in [0, 0.1) is 6.92 Å². The Kier molecular flexibility index (Phi) is 5.90. The van der Waals surface area contributed by atoms with Crippen LogP contribution in [0.4, 0.5) is 0 Å². The molecule has 1 heterocycles. The largest absolute Gasteiger partial charge is 0.375 e. The molecule has 0 saturated heterocycles. The summed E-state index contributed by atoms with van der Waals surface area (Å²) in [5, 5.41) is 3.81. The van der Waals surface area contributed by atoms with Crippen LogP contribution >= 0.6 is 11.3 Å². The number of ether oxygens (including phenoxy) is 1. The zero-order valence-electron chi connectivity index (χ0n) is 12.4. The fourth-order valence-electron chi connectivity index (χ4n) is 1.97. The molecule has 0 radical (unpaired) electrons. The van der Waals surface area contributed by atoms with Crippen molar-refractivity contribution in [3.05, 3.63) is 51.5 Å². The van der Waals surface area contributed by atoms with E-state index >= 15 is 0 Å². The molecule has 21 heavy (non-hydrogen) atoms. The zero-order valence-corrected chi connectivity index (χ0v) is 13.2. The predicted molar refractivity (Wildman–Crippen MR) is 84.7 cm³/mol. The van der Waals surface area contributed by atoms with Crippen LogP contribution in [-0.4, -0.2) is 24.0 Å². The molecule has 0 aliphatic carbocycles. The number of nitrogens with zero attached hydrogens (tertiary/aromatic N) is 1. The molecular formula is C16H20N2O2S. The molecule has 0 aliphatic heterocycles. The van der Waals surface area contributed by atoms with Gasteiger partial charge in [0, 0.05) is 6.54 Å². The highest BCUT2D eigenvalue weighted by Gasteiger charge is 2.14. The Labute approximate surface area is 129 Å². The molecule has 0 fully saturated rings. The van der Waals surface area contributed by atoms with Crippen LogP contribution in [0.3, 0.4) is 0 Å². The quantitative estimate of drug-likeness (QED) is 0.800. The number of hydrogen-bond donors (Lipinski definition) is 1. The normalized spacial score (nSPS) is 10.6. The number of aryl methyl sites for hydroxylation is 2. The minimum absolute atomic E-state index is 0.0549. The molecule has 0 atom stereocenters. The van der Waals surface area contributed by atoms with E-state index in [4.69, 9.17) is 4.74 Å². The fraction of sp³-hybridized carbons (Fsp3) is 0.375. The Morgan fingerprint density at radius 1 is 1.33 bits per heavy atom. The molecule has 4 nitrogen and oxygen atoms in total. The minimum atomic E-state index is -0.0549. The summed E-state index contributed by atoms with van der Waals surface area (Å²) in [7, 11) is 0. The monoisotopic (exact) mass is 304 g/mol. The second-order valence-corrected chi connectivity index (χ2v) is 5.86. The molecule has 1 aromatic heterocycles. The number of thiazole rings is 1. The lowest BCUT2D eigenvalue weighted by atomic mass is 10.2. The zero-order chi connectivity index (χ0) is 15.1. The first kappa shape index (κ1) is 15.7. The van der Waals surface area contributed by atoms with Crippen molar-refractivity contribution in [2.24, 2.45) is 0 Å². The van der Waals surface area contributed by atoms with E-state index < -0.39 is 0 Å². The van der Waals surface area contributed by atoms with Gasteiger partial charge in [-0.05, 0) is 18.9 Å². The van der Waals surface area contributed by atoms with E-state index in [1.165, 1.54) is 11.3 Å². The van der Waals surface area contributed by atoms with Crippen molar-refractivity contribution >= 4 is 17.2 Å². The van der Waals surface area contributed by atoms with Crippen molar-refractivity contribution in [3.8, 4) is 0 Å². The molecule has 2 rings (SSSR count). The van der Waals surface area contributed by atoms with Crippen LogP contribution in [0.25, 0.3) is 0 Å². The van der Waals surface area contributed by atoms with Crippen molar-refractivity contribution in [2.75, 3.05) is 13.2 Å². The van der Waals surface area contributed by atoms with Gasteiger partial charge in [-0.25, -0.2) is 4.98 Å². The lowest BCUT2D eigenvalue weighted by Gasteiger charge is -2.06. The first-order valence-electron chi connectivity index (χ1n) is 7.07. The molecule has 0 aliphatic rings. The second-order valence-electron chi connectivity index (χ2n) is 4.66. The molecular weight excluding hydrogens is 284 g/mol. The van der Waals surface area contributed by atoms with Gasteiger partial charge in [0.1, 0.15) is 4.88 Å². The number of carbonyl (C=O) groups is 1. The number of amides is 1. The maximum atomic E-state index is 12.1. The molecule has 5 heteroatoms. The van der Waals surface area contributed by atoms with E-state index in [-0.39, 0.29) is 5.91 Å². The van der Waals surface area contributed by atoms with Gasteiger partial charge >= 0.3 is 0 Å². The van der Waals surface area contributed by atoms with Crippen molar-refractivity contribution < 1.29 is 9.53 Å². The second kappa shape index (κ2) is 7.90. The van der Waals surface area contributed by atoms with Gasteiger partial charge in [-0.1, -0.05) is 37.3 Å². The van der Waals surface area contributed by atoms with E-state index in [9.17, 15) is 4.79 Å². The Balaban J connectivity index is 1.72. The van der Waals surface area contributed by atoms with Gasteiger partial charge in [0.2, 0.25) is 0 Å². The van der Waals surface area contributed by atoms with E-state index in [1.807, 2.05) is 44.2 Å². The van der Waals surface area contributed by atoms with Crippen molar-refractivity contribution in [1.29, 1.82) is 0 Å². The third kappa shape index (κ3) is 4.65. The van der Waals surface area contributed by atoms with Crippen LogP contribution in [0.1, 0.15) is 32.9 Å². The predicted octanol–water partition coefficient (Wildman–Crippen LogP) is 2.96. The third-order valence-corrected chi connectivity index (χ3v) is 4.00. The highest BCUT2D eigenvalue weighted by Crippen LogP contribution is 2.18. The summed E-state index contributed by atoms with van der Waals surface area (Å²) in [5.74, 6) is -0.0549. The van der Waals surface area contributed by atoms with Crippen LogP contribution in [-0.2, 0) is 17.8 Å². The third-order valence-electron chi connectivity index (χ3n) is 2.99. The smallest absolute Gasteiger partial charge is 0.263 e. The summed E-state index contributed by atoms with van der Waals surface area (Å²) in [6.45, 7) is 5.50. The van der Waals surface area contributed by atoms with Gasteiger partial charge in [-0.3, -0.25) is 4.79 Å². The molecule has 0 unspecified atom stereocenters. The summed E-state index contributed by atoms with van der Waals surface area (Å²) >= 11 is 1.44. The molecule has 1 N–H and O–H groups in total. The van der Waals surface area contributed by atoms with Gasteiger partial charge in [-0.2, -0.15) is 0 Å². The Morgan fingerprint density at radius 2 is 2.10 bits per heavy atom. The maximum Gasteiger partial charge on any atom is 0.263 e. The van der Waals surface area contributed by atoms with Gasteiger partial charge in [0.15, 0.2) is 0 Å². The molecule has 0 saturated carbocycles. The summed E-state index contributed by atoms with van der Waals surface area (Å²) in [5.41, 5.74) is 2.01. The van der Waals surface area contributed by atoms with Crippen LogP contribution in [0.15, 0.2) is 30.3 Å². The lowest BCUT2D eigenvalue weighted by Crippen LogP contribution is -2.27. The van der Waals surface area contributed by atoms with Gasteiger partial charge in [0.25, 0.3) is 5.91 Å². The average Bonchev–Trinajstić information content (AvgIpc) is 2.89. The van der Waals surface area contributed by atoms with Crippen molar-refractivity contribution in [1.82, 2.24) is 10.3 Å². The maximum absolute atomic E-state index is 12.1. The number of benzene rings is 1. The first-order valence-corrected chi connectivity index (χ1v) is 7.88. The van der Waals surface area contributed by atoms with Gasteiger partial charge < -0.3 is 10.1 Å². The number of nitrogens with one attached hydrogen (secondary N) is 1. The molecule has 1 aromatic carbocycles. The number of carbonyl (C=O) groups excluding carboxylic acids is 1. The van der Waals surface area contributed by atoms with Crippen LogP contribution in [0.5, 0.6) is 0 Å². The molecule has 0 spiro atoms. The summed E-state index contributed by atoms with van der Waals surface area (Å²) in [4.78, 5) is 17.2. The molecule has 1 amide bonds. The van der Waals surface area contributed by atoms with Crippen LogP contribution < -0.4 is 5.32 Å². The van der Waals surface area contributed by atoms with Crippen molar-refractivity contribution in [2.45, 2.75) is 26.9 Å². The number of hydrogen-bond acceptors (Lipinski definition) is 4. The topological polar surface area (TPSA) is 51.2 Å². The number of aromatic nitrogens is 1. The fourth-order valence-corrected chi connectivity index (χ4v) is 2.89. The molecule has 2 aromatic rings. The number of rotatable bonds is 7. The van der Waals surface area contributed by atoms with E-state index in [0.717, 1.165) is 27.6 Å². The average molecular weight is 304 g/mol. The van der Waals surface area contributed by atoms with Crippen molar-refractivity contribution in [3.63, 3.8) is 0 Å². The lowest BCUT2D eigenvalue weighted by molar-refractivity contribution is 0.0903. The highest BCUT2D eigenvalue weighted by molar-refractivity contribution is 7.13. The van der Waals surface area contributed by atoms with E-state index in [1.54, 1.807) is 0 Å². The Morgan fingerprint density at radius 3 is 2.81 bits per heavy atom. The summed E-state index contributed by atoms with van der Waals surface area (Å²) in [6, 6.07) is 9.99. The van der Waals surface area contributed by atoms with Gasteiger partial charge in [-0.15, -0.1) is 11.3 Å². The summed E-state index contributed by atoms with van der Waals surface area (Å²) in [6.07, 6.45) is 0.775.